The van der Waals surface area contributed by atoms with Crippen molar-refractivity contribution >= 4 is 19.8 Å². The first-order valence-electron chi connectivity index (χ1n) is 33.4. The Labute approximate surface area is 499 Å². The van der Waals surface area contributed by atoms with Gasteiger partial charge in [0, 0.05) is 19.4 Å². The van der Waals surface area contributed by atoms with E-state index in [-0.39, 0.29) is 32.6 Å². The molecule has 0 aliphatic heterocycles. The Kier molecular flexibility index (Phi) is 63.1. The molecule has 2 unspecified atom stereocenters. The number of esters is 2. The second kappa shape index (κ2) is 65.8. The van der Waals surface area contributed by atoms with E-state index in [1.54, 1.807) is 0 Å². The van der Waals surface area contributed by atoms with E-state index in [0.29, 0.717) is 12.8 Å². The second-order valence-corrected chi connectivity index (χ2v) is 23.4. The van der Waals surface area contributed by atoms with Gasteiger partial charge < -0.3 is 20.1 Å². The van der Waals surface area contributed by atoms with Crippen molar-refractivity contribution in [2.75, 3.05) is 26.4 Å². The number of hydrogen-bond donors (Lipinski definition) is 2. The summed E-state index contributed by atoms with van der Waals surface area (Å²) in [4.78, 5) is 35.3. The number of unbranched alkanes of at least 4 members (excludes halogenated alkanes) is 31. The van der Waals surface area contributed by atoms with Crippen molar-refractivity contribution in [3.05, 3.63) is 109 Å². The molecular weight excluding hydrogens is 1030 g/mol. The van der Waals surface area contributed by atoms with Gasteiger partial charge >= 0.3 is 19.8 Å². The number of hydrogen-bond acceptors (Lipinski definition) is 8. The van der Waals surface area contributed by atoms with E-state index in [1.165, 1.54) is 141 Å². The van der Waals surface area contributed by atoms with Gasteiger partial charge in [0.2, 0.25) is 0 Å². The van der Waals surface area contributed by atoms with Gasteiger partial charge in [-0.2, -0.15) is 0 Å². The molecule has 0 heterocycles. The van der Waals surface area contributed by atoms with Crippen molar-refractivity contribution < 1.29 is 37.6 Å². The van der Waals surface area contributed by atoms with Gasteiger partial charge in [-0.1, -0.05) is 297 Å². The molecule has 0 amide bonds. The Morgan fingerprint density at radius 3 is 0.951 bits per heavy atom. The lowest BCUT2D eigenvalue weighted by molar-refractivity contribution is -0.161. The summed E-state index contributed by atoms with van der Waals surface area (Å²) in [6, 6.07) is 0. The van der Waals surface area contributed by atoms with E-state index in [4.69, 9.17) is 24.3 Å². The molecule has 0 saturated heterocycles. The predicted octanol–water partition coefficient (Wildman–Crippen LogP) is 21.7. The van der Waals surface area contributed by atoms with Crippen molar-refractivity contribution in [1.29, 1.82) is 0 Å². The summed E-state index contributed by atoms with van der Waals surface area (Å²) in [5.74, 6) is -0.838. The predicted molar refractivity (Wildman–Crippen MR) is 348 cm³/mol. The van der Waals surface area contributed by atoms with Crippen LogP contribution in [0, 0.1) is 0 Å². The fourth-order valence-electron chi connectivity index (χ4n) is 9.30. The zero-order valence-electron chi connectivity index (χ0n) is 52.2. The van der Waals surface area contributed by atoms with Crippen molar-refractivity contribution in [2.24, 2.45) is 5.73 Å². The minimum Gasteiger partial charge on any atom is -0.462 e. The minimum atomic E-state index is -4.40. The number of phosphoric acid groups is 1. The number of ether oxygens (including phenoxy) is 2. The SMILES string of the molecule is CC/C=C\C/C=C\C/C=C\C/C=C\C/C=C\CCCCCCCCCCCCCCCCCCCCCCCCCCCC(=O)OC(COC(=O)CCCCCCCC/C=C\C/C=C\C/C=C\C/C=C\CC)COP(=O)(O)OCCN. The molecule has 3 N–H and O–H groups in total. The summed E-state index contributed by atoms with van der Waals surface area (Å²) in [7, 11) is -4.40. The maximum atomic E-state index is 12.7. The molecule has 0 spiro atoms. The smallest absolute Gasteiger partial charge is 0.462 e. The summed E-state index contributed by atoms with van der Waals surface area (Å²) >= 11 is 0. The van der Waals surface area contributed by atoms with Gasteiger partial charge in [-0.3, -0.25) is 18.6 Å². The van der Waals surface area contributed by atoms with Gasteiger partial charge in [0.1, 0.15) is 6.61 Å². The summed E-state index contributed by atoms with van der Waals surface area (Å²) in [6.45, 7) is 3.52. The maximum absolute atomic E-state index is 12.7. The molecular formula is C71H124NO8P. The van der Waals surface area contributed by atoms with Crippen LogP contribution >= 0.6 is 7.82 Å². The van der Waals surface area contributed by atoms with Crippen molar-refractivity contribution in [1.82, 2.24) is 0 Å². The molecule has 0 aliphatic carbocycles. The highest BCUT2D eigenvalue weighted by Gasteiger charge is 2.26. The van der Waals surface area contributed by atoms with Crippen LogP contribution in [-0.2, 0) is 32.7 Å². The largest absolute Gasteiger partial charge is 0.472 e. The summed E-state index contributed by atoms with van der Waals surface area (Å²) in [5.41, 5.74) is 5.39. The van der Waals surface area contributed by atoms with E-state index < -0.39 is 32.5 Å². The molecule has 0 fully saturated rings. The highest BCUT2D eigenvalue weighted by Crippen LogP contribution is 2.43. The van der Waals surface area contributed by atoms with Crippen LogP contribution in [0.5, 0.6) is 0 Å². The van der Waals surface area contributed by atoms with E-state index in [2.05, 4.69) is 123 Å². The quantitative estimate of drug-likeness (QED) is 0.0264. The van der Waals surface area contributed by atoms with Gasteiger partial charge in [-0.15, -0.1) is 0 Å². The summed E-state index contributed by atoms with van der Waals surface area (Å²) < 4.78 is 33.1. The van der Waals surface area contributed by atoms with Crippen LogP contribution in [0.1, 0.15) is 296 Å². The van der Waals surface area contributed by atoms with E-state index in [9.17, 15) is 19.0 Å². The van der Waals surface area contributed by atoms with Crippen LogP contribution in [-0.4, -0.2) is 49.3 Å². The van der Waals surface area contributed by atoms with Crippen LogP contribution < -0.4 is 5.73 Å². The van der Waals surface area contributed by atoms with Crippen LogP contribution in [0.15, 0.2) is 109 Å². The Hall–Kier alpha value is -3.33. The van der Waals surface area contributed by atoms with Gasteiger partial charge in [-0.25, -0.2) is 4.57 Å². The average molecular weight is 1150 g/mol. The molecule has 0 radical (unpaired) electrons. The van der Waals surface area contributed by atoms with Crippen LogP contribution in [0.3, 0.4) is 0 Å². The lowest BCUT2D eigenvalue weighted by Crippen LogP contribution is -2.29. The zero-order chi connectivity index (χ0) is 58.7. The third-order valence-electron chi connectivity index (χ3n) is 14.2. The van der Waals surface area contributed by atoms with Crippen LogP contribution in [0.25, 0.3) is 0 Å². The molecule has 466 valence electrons. The number of rotatable bonds is 62. The molecule has 0 aromatic heterocycles. The van der Waals surface area contributed by atoms with Crippen molar-refractivity contribution in [2.45, 2.75) is 302 Å². The fraction of sp³-hybridized carbons (Fsp3) is 0.718. The van der Waals surface area contributed by atoms with Crippen LogP contribution in [0.2, 0.25) is 0 Å². The van der Waals surface area contributed by atoms with E-state index >= 15 is 0 Å². The first-order valence-corrected chi connectivity index (χ1v) is 34.9. The molecule has 0 saturated carbocycles. The summed E-state index contributed by atoms with van der Waals surface area (Å²) in [5, 5.41) is 0. The minimum absolute atomic E-state index is 0.0487. The molecule has 10 heteroatoms. The van der Waals surface area contributed by atoms with E-state index in [1.807, 2.05) is 0 Å². The molecule has 0 aromatic rings. The molecule has 0 bridgehead atoms. The highest BCUT2D eigenvalue weighted by atomic mass is 31.2. The number of allylic oxidation sites excluding steroid dienone is 18. The first kappa shape index (κ1) is 77.7. The molecule has 0 aromatic carbocycles. The van der Waals surface area contributed by atoms with Gasteiger partial charge in [-0.05, 0) is 96.3 Å². The normalized spacial score (nSPS) is 13.7. The van der Waals surface area contributed by atoms with E-state index in [0.717, 1.165) is 116 Å². The Morgan fingerprint density at radius 2 is 0.642 bits per heavy atom. The highest BCUT2D eigenvalue weighted by molar-refractivity contribution is 7.47. The Balaban J connectivity index is 3.80. The van der Waals surface area contributed by atoms with Crippen molar-refractivity contribution in [3.63, 3.8) is 0 Å². The number of carbonyl (C=O) groups is 2. The lowest BCUT2D eigenvalue weighted by atomic mass is 10.0. The monoisotopic (exact) mass is 1150 g/mol. The number of phosphoric ester groups is 1. The molecule has 0 aliphatic rings. The van der Waals surface area contributed by atoms with Gasteiger partial charge in [0.15, 0.2) is 6.10 Å². The molecule has 9 nitrogen and oxygen atoms in total. The summed E-state index contributed by atoms with van der Waals surface area (Å²) in [6.07, 6.45) is 90.5. The van der Waals surface area contributed by atoms with Crippen molar-refractivity contribution in [3.8, 4) is 0 Å². The lowest BCUT2D eigenvalue weighted by Gasteiger charge is -2.19. The fourth-order valence-corrected chi connectivity index (χ4v) is 10.1. The molecule has 0 rings (SSSR count). The molecule has 2 atom stereocenters. The third-order valence-corrected chi connectivity index (χ3v) is 15.1. The second-order valence-electron chi connectivity index (χ2n) is 21.9. The third kappa shape index (κ3) is 65.7. The zero-order valence-corrected chi connectivity index (χ0v) is 53.1. The molecule has 81 heavy (non-hydrogen) atoms. The Bertz CT molecular complexity index is 1690. The topological polar surface area (TPSA) is 134 Å². The number of carbonyl (C=O) groups excluding carboxylic acids is 2. The standard InChI is InChI=1S/C71H124NO8P/c1-3-5-7-9-11-13-15-17-19-21-23-24-25-26-27-28-29-30-31-32-33-34-35-36-37-38-39-40-41-42-43-44-46-48-50-52-54-56-58-60-62-64-71(74)80-69(68-79-81(75,76)78-66-65-72)67-77-70(73)63-61-59-57-55-53-51-49-47-45-22-20-18-16-14-12-10-8-6-4-2/h5-8,11-14,17-20,23-24,26-27,45,47,69H,3-4,9-10,15-16,21-22,25,28-44,46,48-68,72H2,1-2H3,(H,75,76)/b7-5-,8-6-,13-11-,14-12-,19-17-,20-18-,24-23-,27-26-,47-45-. The van der Waals surface area contributed by atoms with Gasteiger partial charge in [0.25, 0.3) is 0 Å². The number of nitrogens with two attached hydrogens (primary N) is 1. The average Bonchev–Trinajstić information content (AvgIpc) is 3.46. The van der Waals surface area contributed by atoms with Gasteiger partial charge in [0.05, 0.1) is 13.2 Å². The van der Waals surface area contributed by atoms with Crippen LogP contribution in [0.4, 0.5) is 0 Å². The first-order chi connectivity index (χ1) is 39.8. The maximum Gasteiger partial charge on any atom is 0.472 e. The Morgan fingerprint density at radius 1 is 0.370 bits per heavy atom.